The minimum atomic E-state index is -4.48. The number of halogens is 3. The van der Waals surface area contributed by atoms with Crippen LogP contribution in [0.15, 0.2) is 48.5 Å². The van der Waals surface area contributed by atoms with Crippen molar-refractivity contribution in [2.24, 2.45) is 0 Å². The van der Waals surface area contributed by atoms with Gasteiger partial charge in [-0.3, -0.25) is 4.79 Å². The summed E-state index contributed by atoms with van der Waals surface area (Å²) in [5, 5.41) is 10.3. The van der Waals surface area contributed by atoms with Crippen LogP contribution in [0, 0.1) is 13.8 Å². The molecule has 0 aliphatic rings. The molecular weight excluding hydrogens is 345 g/mol. The summed E-state index contributed by atoms with van der Waals surface area (Å²) < 4.78 is 39.8. The number of carbonyl (C=O) groups is 1. The lowest BCUT2D eigenvalue weighted by Gasteiger charge is -2.09. The highest BCUT2D eigenvalue weighted by Gasteiger charge is 2.30. The molecule has 1 N–H and O–H groups in total. The van der Waals surface area contributed by atoms with Gasteiger partial charge in [-0.15, -0.1) is 5.10 Å². The van der Waals surface area contributed by atoms with E-state index < -0.39 is 17.6 Å². The molecule has 8 heteroatoms. The van der Waals surface area contributed by atoms with Gasteiger partial charge in [0, 0.05) is 5.69 Å². The number of benzene rings is 2. The third-order valence-corrected chi connectivity index (χ3v) is 3.84. The van der Waals surface area contributed by atoms with E-state index in [0.29, 0.717) is 5.69 Å². The predicted octanol–water partition coefficient (Wildman–Crippen LogP) is 4.16. The molecule has 0 saturated carbocycles. The first-order valence-electron chi connectivity index (χ1n) is 7.73. The second kappa shape index (κ2) is 6.62. The molecule has 0 fully saturated rings. The minimum Gasteiger partial charge on any atom is -0.321 e. The zero-order valence-electron chi connectivity index (χ0n) is 14.0. The number of aryl methyl sites for hydroxylation is 1. The van der Waals surface area contributed by atoms with Crippen molar-refractivity contribution in [3.05, 3.63) is 71.0 Å². The smallest absolute Gasteiger partial charge is 0.321 e. The second-order valence-electron chi connectivity index (χ2n) is 5.80. The Hall–Kier alpha value is -3.16. The van der Waals surface area contributed by atoms with E-state index in [1.165, 1.54) is 16.8 Å². The number of anilines is 1. The van der Waals surface area contributed by atoms with Crippen molar-refractivity contribution in [1.82, 2.24) is 15.0 Å². The monoisotopic (exact) mass is 360 g/mol. The van der Waals surface area contributed by atoms with Crippen molar-refractivity contribution < 1.29 is 18.0 Å². The molecule has 0 aliphatic heterocycles. The number of nitrogens with zero attached hydrogens (tertiary/aromatic N) is 3. The van der Waals surface area contributed by atoms with E-state index in [1.807, 2.05) is 31.2 Å². The molecule has 1 heterocycles. The fourth-order valence-electron chi connectivity index (χ4n) is 2.43. The van der Waals surface area contributed by atoms with Gasteiger partial charge in [-0.1, -0.05) is 29.0 Å². The van der Waals surface area contributed by atoms with E-state index in [2.05, 4.69) is 15.6 Å². The standard InChI is InChI=1S/C18H15F3N4O/c1-11-6-8-15(9-7-11)25-12(2)16(23-24-25)17(26)22-14-5-3-4-13(10-14)18(19,20)21/h3-10H,1-2H3,(H,22,26). The number of alkyl halides is 3. The maximum atomic E-state index is 12.8. The first-order chi connectivity index (χ1) is 12.3. The molecule has 134 valence electrons. The second-order valence-corrected chi connectivity index (χ2v) is 5.80. The third kappa shape index (κ3) is 3.58. The maximum Gasteiger partial charge on any atom is 0.416 e. The van der Waals surface area contributed by atoms with Crippen LogP contribution in [0.5, 0.6) is 0 Å². The molecule has 0 unspecified atom stereocenters. The quantitative estimate of drug-likeness (QED) is 0.763. The average molecular weight is 360 g/mol. The molecule has 0 saturated heterocycles. The van der Waals surface area contributed by atoms with Gasteiger partial charge in [0.1, 0.15) is 0 Å². The first kappa shape index (κ1) is 17.7. The van der Waals surface area contributed by atoms with Crippen LogP contribution in [-0.4, -0.2) is 20.9 Å². The lowest BCUT2D eigenvalue weighted by molar-refractivity contribution is -0.137. The SMILES string of the molecule is Cc1ccc(-n2nnc(C(=O)Nc3cccc(C(F)(F)F)c3)c2C)cc1. The highest BCUT2D eigenvalue weighted by molar-refractivity contribution is 6.03. The van der Waals surface area contributed by atoms with Crippen LogP contribution in [0.4, 0.5) is 18.9 Å². The van der Waals surface area contributed by atoms with Gasteiger partial charge in [0.2, 0.25) is 0 Å². The summed E-state index contributed by atoms with van der Waals surface area (Å²) in [7, 11) is 0. The number of nitrogens with one attached hydrogen (secondary N) is 1. The zero-order valence-corrected chi connectivity index (χ0v) is 14.0. The summed E-state index contributed by atoms with van der Waals surface area (Å²) in [6.45, 7) is 3.62. The molecule has 0 radical (unpaired) electrons. The number of hydrogen-bond acceptors (Lipinski definition) is 3. The molecule has 3 aromatic rings. The fraction of sp³-hybridized carbons (Fsp3) is 0.167. The molecule has 0 spiro atoms. The van der Waals surface area contributed by atoms with Crippen LogP contribution in [0.25, 0.3) is 5.69 Å². The number of rotatable bonds is 3. The van der Waals surface area contributed by atoms with Gasteiger partial charge in [-0.25, -0.2) is 4.68 Å². The van der Waals surface area contributed by atoms with Gasteiger partial charge < -0.3 is 5.32 Å². The molecule has 1 amide bonds. The summed E-state index contributed by atoms with van der Waals surface area (Å²) in [5.74, 6) is -0.625. The summed E-state index contributed by atoms with van der Waals surface area (Å²) in [6.07, 6.45) is -4.48. The van der Waals surface area contributed by atoms with Crippen molar-refractivity contribution in [3.8, 4) is 5.69 Å². The topological polar surface area (TPSA) is 59.8 Å². The van der Waals surface area contributed by atoms with Gasteiger partial charge in [0.05, 0.1) is 16.9 Å². The molecule has 3 rings (SSSR count). The van der Waals surface area contributed by atoms with Gasteiger partial charge in [0.25, 0.3) is 5.91 Å². The van der Waals surface area contributed by atoms with Gasteiger partial charge in [-0.05, 0) is 44.2 Å². The highest BCUT2D eigenvalue weighted by Crippen LogP contribution is 2.30. The Morgan fingerprint density at radius 3 is 2.42 bits per heavy atom. The van der Waals surface area contributed by atoms with E-state index in [1.54, 1.807) is 6.92 Å². The summed E-state index contributed by atoms with van der Waals surface area (Å²) in [6, 6.07) is 11.9. The number of hydrogen-bond donors (Lipinski definition) is 1. The van der Waals surface area contributed by atoms with Gasteiger partial charge in [-0.2, -0.15) is 13.2 Å². The van der Waals surface area contributed by atoms with Crippen LogP contribution in [0.1, 0.15) is 27.3 Å². The molecule has 1 aromatic heterocycles. The van der Waals surface area contributed by atoms with Crippen molar-refractivity contribution >= 4 is 11.6 Å². The van der Waals surface area contributed by atoms with E-state index >= 15 is 0 Å². The summed E-state index contributed by atoms with van der Waals surface area (Å²) >= 11 is 0. The van der Waals surface area contributed by atoms with Crippen molar-refractivity contribution in [2.75, 3.05) is 5.32 Å². The average Bonchev–Trinajstić information content (AvgIpc) is 2.97. The Balaban J connectivity index is 1.84. The Bertz CT molecular complexity index is 946. The first-order valence-corrected chi connectivity index (χ1v) is 7.73. The Morgan fingerprint density at radius 2 is 1.77 bits per heavy atom. The summed E-state index contributed by atoms with van der Waals surface area (Å²) in [5.41, 5.74) is 1.54. The lowest BCUT2D eigenvalue weighted by atomic mass is 10.2. The third-order valence-electron chi connectivity index (χ3n) is 3.84. The van der Waals surface area contributed by atoms with Crippen LogP contribution < -0.4 is 5.32 Å². The normalized spacial score (nSPS) is 11.4. The highest BCUT2D eigenvalue weighted by atomic mass is 19.4. The van der Waals surface area contributed by atoms with E-state index in [0.717, 1.165) is 23.4 Å². The Morgan fingerprint density at radius 1 is 1.08 bits per heavy atom. The molecule has 2 aromatic carbocycles. The van der Waals surface area contributed by atoms with Gasteiger partial charge >= 0.3 is 6.18 Å². The maximum absolute atomic E-state index is 12.8. The minimum absolute atomic E-state index is 0.0362. The predicted molar refractivity (Wildman–Crippen MR) is 90.2 cm³/mol. The number of aromatic nitrogens is 3. The van der Waals surface area contributed by atoms with E-state index in [4.69, 9.17) is 0 Å². The van der Waals surface area contributed by atoms with Crippen LogP contribution in [0.2, 0.25) is 0 Å². The van der Waals surface area contributed by atoms with Crippen molar-refractivity contribution in [3.63, 3.8) is 0 Å². The van der Waals surface area contributed by atoms with Crippen molar-refractivity contribution in [2.45, 2.75) is 20.0 Å². The number of amides is 1. The van der Waals surface area contributed by atoms with E-state index in [-0.39, 0.29) is 11.4 Å². The molecule has 0 aliphatic carbocycles. The largest absolute Gasteiger partial charge is 0.416 e. The molecule has 0 bridgehead atoms. The molecule has 0 atom stereocenters. The zero-order chi connectivity index (χ0) is 18.9. The van der Waals surface area contributed by atoms with Crippen molar-refractivity contribution in [1.29, 1.82) is 0 Å². The molecular formula is C18H15F3N4O. The lowest BCUT2D eigenvalue weighted by Crippen LogP contribution is -2.15. The van der Waals surface area contributed by atoms with Crippen LogP contribution in [0.3, 0.4) is 0 Å². The Labute approximate surface area is 147 Å². The number of carbonyl (C=O) groups excluding carboxylic acids is 1. The van der Waals surface area contributed by atoms with Gasteiger partial charge in [0.15, 0.2) is 5.69 Å². The summed E-state index contributed by atoms with van der Waals surface area (Å²) in [4.78, 5) is 12.4. The molecule has 26 heavy (non-hydrogen) atoms. The van der Waals surface area contributed by atoms with Crippen LogP contribution in [-0.2, 0) is 6.18 Å². The fourth-order valence-corrected chi connectivity index (χ4v) is 2.43. The van der Waals surface area contributed by atoms with E-state index in [9.17, 15) is 18.0 Å². The van der Waals surface area contributed by atoms with Crippen LogP contribution >= 0.6 is 0 Å². The molecule has 5 nitrogen and oxygen atoms in total. The Kier molecular flexibility index (Phi) is 4.50.